The monoisotopic (exact) mass is 372 g/mol. The molecule has 2 N–H and O–H groups in total. The Balaban J connectivity index is 1.54. The van der Waals surface area contributed by atoms with Crippen LogP contribution in [-0.4, -0.2) is 46.7 Å². The van der Waals surface area contributed by atoms with E-state index in [-0.39, 0.29) is 11.9 Å². The Morgan fingerprint density at radius 3 is 2.89 bits per heavy atom. The van der Waals surface area contributed by atoms with Crippen LogP contribution in [-0.2, 0) is 11.2 Å². The van der Waals surface area contributed by atoms with Crippen LogP contribution in [0.2, 0.25) is 0 Å². The SMILES string of the molecule is CCOc1ccc(-c2noc(CCC(=O)N3CCCC(C(C)N)C3)n2)cc1. The molecule has 2 heterocycles. The maximum absolute atomic E-state index is 12.5. The highest BCUT2D eigenvalue weighted by Gasteiger charge is 2.25. The Morgan fingerprint density at radius 2 is 2.19 bits per heavy atom. The fourth-order valence-corrected chi connectivity index (χ4v) is 3.38. The predicted molar refractivity (Wildman–Crippen MR) is 102 cm³/mol. The summed E-state index contributed by atoms with van der Waals surface area (Å²) in [4.78, 5) is 18.8. The number of carbonyl (C=O) groups excluding carboxylic acids is 1. The zero-order valence-corrected chi connectivity index (χ0v) is 16.1. The fourth-order valence-electron chi connectivity index (χ4n) is 3.38. The summed E-state index contributed by atoms with van der Waals surface area (Å²) in [6, 6.07) is 7.67. The van der Waals surface area contributed by atoms with E-state index in [9.17, 15) is 4.79 Å². The Labute approximate surface area is 159 Å². The first-order valence-corrected chi connectivity index (χ1v) is 9.66. The molecule has 0 saturated carbocycles. The second-order valence-electron chi connectivity index (χ2n) is 7.07. The van der Waals surface area contributed by atoms with E-state index in [1.807, 2.05) is 43.0 Å². The Morgan fingerprint density at radius 1 is 1.41 bits per heavy atom. The molecular weight excluding hydrogens is 344 g/mol. The average Bonchev–Trinajstić information content (AvgIpc) is 3.16. The van der Waals surface area contributed by atoms with E-state index in [2.05, 4.69) is 10.1 Å². The minimum absolute atomic E-state index is 0.119. The van der Waals surface area contributed by atoms with E-state index in [1.165, 1.54) is 0 Å². The van der Waals surface area contributed by atoms with Crippen LogP contribution in [0.1, 0.15) is 39.0 Å². The van der Waals surface area contributed by atoms with Crippen LogP contribution in [0.3, 0.4) is 0 Å². The molecule has 1 aromatic heterocycles. The smallest absolute Gasteiger partial charge is 0.227 e. The molecule has 27 heavy (non-hydrogen) atoms. The lowest BCUT2D eigenvalue weighted by molar-refractivity contribution is -0.133. The van der Waals surface area contributed by atoms with Crippen LogP contribution in [0, 0.1) is 5.92 Å². The molecular formula is C20H28N4O3. The number of aromatic nitrogens is 2. The molecule has 0 bridgehead atoms. The van der Waals surface area contributed by atoms with E-state index in [0.29, 0.717) is 37.1 Å². The van der Waals surface area contributed by atoms with Gasteiger partial charge in [-0.25, -0.2) is 0 Å². The number of nitrogens with two attached hydrogens (primary N) is 1. The fraction of sp³-hybridized carbons (Fsp3) is 0.550. The van der Waals surface area contributed by atoms with Gasteiger partial charge in [0.15, 0.2) is 0 Å². The van der Waals surface area contributed by atoms with Gasteiger partial charge in [-0.3, -0.25) is 4.79 Å². The van der Waals surface area contributed by atoms with Gasteiger partial charge in [-0.05, 0) is 56.9 Å². The molecule has 1 amide bonds. The summed E-state index contributed by atoms with van der Waals surface area (Å²) in [5.74, 6) is 2.32. The minimum Gasteiger partial charge on any atom is -0.494 e. The molecule has 2 aromatic rings. The molecule has 0 aliphatic carbocycles. The zero-order valence-electron chi connectivity index (χ0n) is 16.1. The van der Waals surface area contributed by atoms with E-state index < -0.39 is 0 Å². The van der Waals surface area contributed by atoms with Gasteiger partial charge in [0.05, 0.1) is 6.61 Å². The van der Waals surface area contributed by atoms with Gasteiger partial charge < -0.3 is 19.9 Å². The Hall–Kier alpha value is -2.41. The molecule has 1 saturated heterocycles. The summed E-state index contributed by atoms with van der Waals surface area (Å²) in [7, 11) is 0. The molecule has 1 aliphatic heterocycles. The van der Waals surface area contributed by atoms with Gasteiger partial charge >= 0.3 is 0 Å². The first-order chi connectivity index (χ1) is 13.1. The second-order valence-corrected chi connectivity index (χ2v) is 7.07. The van der Waals surface area contributed by atoms with Crippen LogP contribution in [0.15, 0.2) is 28.8 Å². The number of aryl methyl sites for hydroxylation is 1. The number of piperidine rings is 1. The Kier molecular flexibility index (Phi) is 6.45. The van der Waals surface area contributed by atoms with E-state index >= 15 is 0 Å². The largest absolute Gasteiger partial charge is 0.494 e. The van der Waals surface area contributed by atoms with Crippen LogP contribution in [0.5, 0.6) is 5.75 Å². The third-order valence-corrected chi connectivity index (χ3v) is 5.00. The number of amides is 1. The molecule has 2 unspecified atom stereocenters. The maximum Gasteiger partial charge on any atom is 0.227 e. The van der Waals surface area contributed by atoms with Crippen LogP contribution in [0.25, 0.3) is 11.4 Å². The van der Waals surface area contributed by atoms with Gasteiger partial charge in [-0.15, -0.1) is 0 Å². The molecule has 0 radical (unpaired) electrons. The summed E-state index contributed by atoms with van der Waals surface area (Å²) in [6.45, 7) is 6.14. The van der Waals surface area contributed by atoms with Gasteiger partial charge in [0.2, 0.25) is 17.6 Å². The minimum atomic E-state index is 0.119. The highest BCUT2D eigenvalue weighted by Crippen LogP contribution is 2.22. The summed E-state index contributed by atoms with van der Waals surface area (Å²) in [5, 5.41) is 4.02. The topological polar surface area (TPSA) is 94.5 Å². The van der Waals surface area contributed by atoms with Crippen molar-refractivity contribution in [2.24, 2.45) is 11.7 Å². The summed E-state index contributed by atoms with van der Waals surface area (Å²) in [6.07, 6.45) is 2.93. The number of benzene rings is 1. The van der Waals surface area contributed by atoms with Crippen LogP contribution < -0.4 is 10.5 Å². The third-order valence-electron chi connectivity index (χ3n) is 5.00. The number of ether oxygens (including phenoxy) is 1. The molecule has 1 aromatic carbocycles. The molecule has 1 aliphatic rings. The standard InChI is InChI=1S/C20H28N4O3/c1-3-26-17-8-6-15(7-9-17)20-22-18(27-23-20)10-11-19(25)24-12-4-5-16(13-24)14(2)21/h6-9,14,16H,3-5,10-13,21H2,1-2H3. The van der Waals surface area contributed by atoms with E-state index in [1.54, 1.807) is 0 Å². The lowest BCUT2D eigenvalue weighted by atomic mass is 9.92. The third kappa shape index (κ3) is 5.07. The van der Waals surface area contributed by atoms with Crippen LogP contribution >= 0.6 is 0 Å². The number of likely N-dealkylation sites (tertiary alicyclic amines) is 1. The van der Waals surface area contributed by atoms with Crippen molar-refractivity contribution in [2.45, 2.75) is 45.6 Å². The molecule has 0 spiro atoms. The number of nitrogens with zero attached hydrogens (tertiary/aromatic N) is 3. The molecule has 146 valence electrons. The quantitative estimate of drug-likeness (QED) is 0.803. The highest BCUT2D eigenvalue weighted by molar-refractivity contribution is 5.76. The van der Waals surface area contributed by atoms with Crippen molar-refractivity contribution in [3.63, 3.8) is 0 Å². The zero-order chi connectivity index (χ0) is 19.2. The lowest BCUT2D eigenvalue weighted by Crippen LogP contribution is -2.45. The van der Waals surface area contributed by atoms with Crippen molar-refractivity contribution in [1.82, 2.24) is 15.0 Å². The lowest BCUT2D eigenvalue weighted by Gasteiger charge is -2.34. The molecule has 2 atom stereocenters. The summed E-state index contributed by atoms with van der Waals surface area (Å²) < 4.78 is 10.7. The van der Waals surface area contributed by atoms with Gasteiger partial charge in [0, 0.05) is 37.5 Å². The van der Waals surface area contributed by atoms with E-state index in [0.717, 1.165) is 37.2 Å². The maximum atomic E-state index is 12.5. The van der Waals surface area contributed by atoms with Gasteiger partial charge in [0.25, 0.3) is 0 Å². The molecule has 7 nitrogen and oxygen atoms in total. The highest BCUT2D eigenvalue weighted by atomic mass is 16.5. The number of hydrogen-bond donors (Lipinski definition) is 1. The van der Waals surface area contributed by atoms with Crippen molar-refractivity contribution in [1.29, 1.82) is 0 Å². The predicted octanol–water partition coefficient (Wildman–Crippen LogP) is 2.65. The van der Waals surface area contributed by atoms with Gasteiger partial charge in [0.1, 0.15) is 5.75 Å². The van der Waals surface area contributed by atoms with Crippen molar-refractivity contribution < 1.29 is 14.1 Å². The number of hydrogen-bond acceptors (Lipinski definition) is 6. The first kappa shape index (κ1) is 19.4. The number of carbonyl (C=O) groups is 1. The summed E-state index contributed by atoms with van der Waals surface area (Å²) in [5.41, 5.74) is 6.86. The normalized spacial score (nSPS) is 18.3. The molecule has 3 rings (SSSR count). The first-order valence-electron chi connectivity index (χ1n) is 9.66. The number of rotatable bonds is 7. The van der Waals surface area contributed by atoms with Crippen molar-refractivity contribution >= 4 is 5.91 Å². The Bertz CT molecular complexity index is 742. The van der Waals surface area contributed by atoms with E-state index in [4.69, 9.17) is 15.0 Å². The average molecular weight is 372 g/mol. The second kappa shape index (κ2) is 8.99. The van der Waals surface area contributed by atoms with Crippen molar-refractivity contribution in [3.05, 3.63) is 30.2 Å². The summed E-state index contributed by atoms with van der Waals surface area (Å²) >= 11 is 0. The van der Waals surface area contributed by atoms with Crippen LogP contribution in [0.4, 0.5) is 0 Å². The molecule has 1 fully saturated rings. The van der Waals surface area contributed by atoms with Gasteiger partial charge in [-0.2, -0.15) is 4.98 Å². The van der Waals surface area contributed by atoms with Crippen molar-refractivity contribution in [2.75, 3.05) is 19.7 Å². The molecule has 7 heteroatoms. The van der Waals surface area contributed by atoms with Gasteiger partial charge in [-0.1, -0.05) is 5.16 Å². The van der Waals surface area contributed by atoms with Crippen molar-refractivity contribution in [3.8, 4) is 17.1 Å².